The number of rotatable bonds is 2. The van der Waals surface area contributed by atoms with Gasteiger partial charge < -0.3 is 0 Å². The van der Waals surface area contributed by atoms with Gasteiger partial charge >= 0.3 is 0 Å². The Morgan fingerprint density at radius 1 is 1.12 bits per heavy atom. The topological polar surface area (TPSA) is 38.1 Å². The van der Waals surface area contributed by atoms with Crippen LogP contribution in [0.25, 0.3) is 0 Å². The van der Waals surface area contributed by atoms with Crippen LogP contribution in [-0.4, -0.2) is 16.2 Å². The zero-order chi connectivity index (χ0) is 12.3. The zero-order valence-electron chi connectivity index (χ0n) is 9.06. The van der Waals surface area contributed by atoms with Crippen LogP contribution in [0.15, 0.2) is 35.3 Å². The van der Waals surface area contributed by atoms with Crippen molar-refractivity contribution in [2.24, 2.45) is 4.99 Å². The van der Waals surface area contributed by atoms with Gasteiger partial charge in [0.25, 0.3) is 0 Å². The molecule has 86 valence electrons. The fourth-order valence-corrected chi connectivity index (χ4v) is 1.64. The largest absolute Gasteiger partial charge is 0.236 e. The fraction of sp³-hybridized carbons (Fsp3) is 0.0833. The molecule has 1 aromatic carbocycles. The molecule has 0 saturated heterocycles. The highest BCUT2D eigenvalue weighted by Crippen LogP contribution is 2.16. The van der Waals surface area contributed by atoms with E-state index in [1.54, 1.807) is 12.3 Å². The lowest BCUT2D eigenvalue weighted by molar-refractivity contribution is 1.15. The molecular formula is C12H9Cl2N3. The van der Waals surface area contributed by atoms with E-state index in [-0.39, 0.29) is 10.4 Å². The molecule has 2 aromatic rings. The lowest BCUT2D eigenvalue weighted by Crippen LogP contribution is -1.84. The van der Waals surface area contributed by atoms with Gasteiger partial charge in [-0.3, -0.25) is 0 Å². The van der Waals surface area contributed by atoms with Crippen molar-refractivity contribution in [3.63, 3.8) is 0 Å². The van der Waals surface area contributed by atoms with E-state index in [4.69, 9.17) is 23.2 Å². The summed E-state index contributed by atoms with van der Waals surface area (Å²) in [5.74, 6) is 0.440. The second-order valence-electron chi connectivity index (χ2n) is 3.49. The molecule has 2 rings (SSSR count). The highest BCUT2D eigenvalue weighted by Gasteiger charge is 1.98. The summed E-state index contributed by atoms with van der Waals surface area (Å²) >= 11 is 11.4. The second kappa shape index (κ2) is 5.25. The van der Waals surface area contributed by atoms with Crippen molar-refractivity contribution in [3.8, 4) is 0 Å². The van der Waals surface area contributed by atoms with Crippen molar-refractivity contribution >= 4 is 35.2 Å². The van der Waals surface area contributed by atoms with Gasteiger partial charge in [-0.05, 0) is 24.1 Å². The van der Waals surface area contributed by atoms with Gasteiger partial charge in [0.05, 0.1) is 0 Å². The molecule has 3 nitrogen and oxygen atoms in total. The number of halogens is 2. The number of aliphatic imine (C=N–C) groups is 1. The van der Waals surface area contributed by atoms with Gasteiger partial charge in [0.1, 0.15) is 5.15 Å². The first-order valence-corrected chi connectivity index (χ1v) is 5.70. The molecular weight excluding hydrogens is 257 g/mol. The molecule has 0 unspecified atom stereocenters. The van der Waals surface area contributed by atoms with Crippen molar-refractivity contribution in [2.75, 3.05) is 0 Å². The van der Waals surface area contributed by atoms with Crippen molar-refractivity contribution in [1.82, 2.24) is 9.97 Å². The third-order valence-corrected chi connectivity index (χ3v) is 2.44. The molecule has 0 aliphatic heterocycles. The summed E-state index contributed by atoms with van der Waals surface area (Å²) in [5.41, 5.74) is 2.19. The van der Waals surface area contributed by atoms with Crippen LogP contribution in [0.3, 0.4) is 0 Å². The fourth-order valence-electron chi connectivity index (χ4n) is 1.24. The van der Waals surface area contributed by atoms with E-state index in [9.17, 15) is 0 Å². The highest BCUT2D eigenvalue weighted by molar-refractivity contribution is 6.32. The Hall–Kier alpha value is -1.45. The third-order valence-electron chi connectivity index (χ3n) is 2.08. The van der Waals surface area contributed by atoms with Gasteiger partial charge in [0, 0.05) is 12.3 Å². The van der Waals surface area contributed by atoms with Crippen LogP contribution in [0.2, 0.25) is 10.4 Å². The van der Waals surface area contributed by atoms with Crippen LogP contribution in [0, 0.1) is 6.92 Å². The maximum atomic E-state index is 5.74. The van der Waals surface area contributed by atoms with Crippen LogP contribution in [-0.2, 0) is 0 Å². The monoisotopic (exact) mass is 265 g/mol. The smallest absolute Gasteiger partial charge is 0.225 e. The predicted molar refractivity (Wildman–Crippen MR) is 70.5 cm³/mol. The molecule has 0 spiro atoms. The van der Waals surface area contributed by atoms with Crippen LogP contribution in [0.5, 0.6) is 0 Å². The maximum absolute atomic E-state index is 5.74. The second-order valence-corrected chi connectivity index (χ2v) is 4.21. The summed E-state index contributed by atoms with van der Waals surface area (Å²) in [6.45, 7) is 2.03. The lowest BCUT2D eigenvalue weighted by Gasteiger charge is -1.96. The van der Waals surface area contributed by atoms with E-state index in [1.807, 2.05) is 31.2 Å². The number of hydrogen-bond acceptors (Lipinski definition) is 3. The van der Waals surface area contributed by atoms with E-state index in [1.165, 1.54) is 5.56 Å². The molecule has 0 N–H and O–H groups in total. The maximum Gasteiger partial charge on any atom is 0.225 e. The van der Waals surface area contributed by atoms with Crippen molar-refractivity contribution in [2.45, 2.75) is 6.92 Å². The molecule has 0 amide bonds. The molecule has 0 aliphatic rings. The minimum absolute atomic E-state index is 0.0913. The highest BCUT2D eigenvalue weighted by atomic mass is 35.5. The van der Waals surface area contributed by atoms with E-state index in [0.717, 1.165) is 5.56 Å². The van der Waals surface area contributed by atoms with Gasteiger partial charge in [-0.15, -0.1) is 0 Å². The summed E-state index contributed by atoms with van der Waals surface area (Å²) in [5, 5.41) is 0.370. The average molecular weight is 266 g/mol. The third kappa shape index (κ3) is 3.51. The predicted octanol–water partition coefficient (Wildman–Crippen LogP) is 3.84. The molecule has 0 radical (unpaired) electrons. The molecule has 0 bridgehead atoms. The van der Waals surface area contributed by atoms with Crippen molar-refractivity contribution < 1.29 is 0 Å². The van der Waals surface area contributed by atoms with E-state index >= 15 is 0 Å². The summed E-state index contributed by atoms with van der Waals surface area (Å²) in [4.78, 5) is 11.9. The molecule has 0 saturated carbocycles. The lowest BCUT2D eigenvalue weighted by atomic mass is 10.2. The van der Waals surface area contributed by atoms with E-state index in [2.05, 4.69) is 15.0 Å². The Morgan fingerprint density at radius 2 is 1.82 bits per heavy atom. The number of benzene rings is 1. The molecule has 1 heterocycles. The number of aryl methyl sites for hydroxylation is 1. The van der Waals surface area contributed by atoms with Gasteiger partial charge in [-0.1, -0.05) is 41.4 Å². The molecule has 0 atom stereocenters. The Bertz CT molecular complexity index is 530. The van der Waals surface area contributed by atoms with Crippen LogP contribution in [0.4, 0.5) is 5.82 Å². The number of hydrogen-bond donors (Lipinski definition) is 0. The molecule has 17 heavy (non-hydrogen) atoms. The van der Waals surface area contributed by atoms with Crippen LogP contribution in [0.1, 0.15) is 11.1 Å². The van der Waals surface area contributed by atoms with Crippen molar-refractivity contribution in [1.29, 1.82) is 0 Å². The Balaban J connectivity index is 2.22. The summed E-state index contributed by atoms with van der Waals surface area (Å²) in [7, 11) is 0. The molecule has 0 aliphatic carbocycles. The molecule has 1 aromatic heterocycles. The number of nitrogens with zero attached hydrogens (tertiary/aromatic N) is 3. The Kier molecular flexibility index (Phi) is 3.71. The average Bonchev–Trinajstić information content (AvgIpc) is 2.27. The van der Waals surface area contributed by atoms with Gasteiger partial charge in [-0.25, -0.2) is 9.98 Å². The summed E-state index contributed by atoms with van der Waals surface area (Å²) in [6.07, 6.45) is 1.70. The van der Waals surface area contributed by atoms with E-state index in [0.29, 0.717) is 5.82 Å². The van der Waals surface area contributed by atoms with Gasteiger partial charge in [-0.2, -0.15) is 4.98 Å². The standard InChI is InChI=1S/C12H9Cl2N3/c1-8-2-4-9(5-3-8)7-15-11-6-10(13)16-12(14)17-11/h2-7H,1H3. The molecule has 5 heteroatoms. The normalized spacial score (nSPS) is 11.0. The van der Waals surface area contributed by atoms with E-state index < -0.39 is 0 Å². The first kappa shape index (κ1) is 12.0. The first-order valence-electron chi connectivity index (χ1n) is 4.94. The summed E-state index contributed by atoms with van der Waals surface area (Å²) < 4.78 is 0. The Morgan fingerprint density at radius 3 is 2.47 bits per heavy atom. The van der Waals surface area contributed by atoms with Gasteiger partial charge in [0.15, 0.2) is 5.82 Å². The Labute approximate surface area is 109 Å². The molecule has 0 fully saturated rings. The van der Waals surface area contributed by atoms with Crippen LogP contribution < -0.4 is 0 Å². The minimum Gasteiger partial charge on any atom is -0.236 e. The first-order chi connectivity index (χ1) is 8.13. The minimum atomic E-state index is 0.0913. The van der Waals surface area contributed by atoms with Crippen LogP contribution >= 0.6 is 23.2 Å². The SMILES string of the molecule is Cc1ccc(C=Nc2cc(Cl)nc(Cl)n2)cc1. The number of aromatic nitrogens is 2. The zero-order valence-corrected chi connectivity index (χ0v) is 10.6. The van der Waals surface area contributed by atoms with Gasteiger partial charge in [0.2, 0.25) is 5.28 Å². The quantitative estimate of drug-likeness (QED) is 0.470. The summed E-state index contributed by atoms with van der Waals surface area (Å²) in [6, 6.07) is 9.53. The van der Waals surface area contributed by atoms with Crippen molar-refractivity contribution in [3.05, 3.63) is 51.9 Å².